The summed E-state index contributed by atoms with van der Waals surface area (Å²) in [5.74, 6) is 0. The molecule has 0 aliphatic rings. The summed E-state index contributed by atoms with van der Waals surface area (Å²) in [6.07, 6.45) is 1.17. The first-order chi connectivity index (χ1) is 7.19. The van der Waals surface area contributed by atoms with Crippen LogP contribution in [0.2, 0.25) is 0 Å². The van der Waals surface area contributed by atoms with Crippen LogP contribution in [0.25, 0.3) is 10.2 Å². The average molecular weight is 220 g/mol. The molecule has 4 N–H and O–H groups in total. The van der Waals surface area contributed by atoms with E-state index in [1.165, 1.54) is 17.6 Å². The fraction of sp³-hybridized carbons (Fsp3) is 0.200. The summed E-state index contributed by atoms with van der Waals surface area (Å²) in [6, 6.07) is 7.84. The average Bonchev–Trinajstić information content (AvgIpc) is 2.72. The zero-order valence-corrected chi connectivity index (χ0v) is 9.14. The van der Waals surface area contributed by atoms with E-state index in [1.54, 1.807) is 7.05 Å². The number of nitrogens with two attached hydrogens (primary N) is 1. The number of aromatic nitrogens is 1. The standard InChI is InChI=1S/C10H12N4S/c1-13-10(12,6-11)9-14-7-4-2-3-5-8(7)15-9/h2-6,11,13H,12H2,1H3. The van der Waals surface area contributed by atoms with Gasteiger partial charge in [0.05, 0.1) is 10.2 Å². The number of fused-ring (bicyclic) bond motifs is 1. The van der Waals surface area contributed by atoms with Crippen molar-refractivity contribution in [1.29, 1.82) is 5.41 Å². The normalized spacial score (nSPS) is 15.1. The lowest BCUT2D eigenvalue weighted by molar-refractivity contribution is 0.520. The van der Waals surface area contributed by atoms with E-state index in [4.69, 9.17) is 11.1 Å². The lowest BCUT2D eigenvalue weighted by Crippen LogP contribution is -2.49. The molecule has 1 aromatic carbocycles. The number of nitrogens with zero attached hydrogens (tertiary/aromatic N) is 1. The molecule has 0 saturated carbocycles. The van der Waals surface area contributed by atoms with Crippen LogP contribution in [-0.2, 0) is 5.66 Å². The lowest BCUT2D eigenvalue weighted by atomic mass is 10.2. The SMILES string of the molecule is CNC(N)(C=N)c1nc2ccccc2s1. The zero-order valence-electron chi connectivity index (χ0n) is 8.32. The van der Waals surface area contributed by atoms with Gasteiger partial charge in [-0.05, 0) is 19.2 Å². The molecular weight excluding hydrogens is 208 g/mol. The Morgan fingerprint density at radius 1 is 1.53 bits per heavy atom. The van der Waals surface area contributed by atoms with Gasteiger partial charge in [0.15, 0.2) is 5.66 Å². The van der Waals surface area contributed by atoms with Crippen LogP contribution in [0.5, 0.6) is 0 Å². The highest BCUT2D eigenvalue weighted by atomic mass is 32.1. The van der Waals surface area contributed by atoms with E-state index in [0.717, 1.165) is 10.2 Å². The van der Waals surface area contributed by atoms with Crippen molar-refractivity contribution in [3.8, 4) is 0 Å². The predicted molar refractivity (Wildman–Crippen MR) is 63.3 cm³/mol. The van der Waals surface area contributed by atoms with Crippen molar-refractivity contribution in [2.75, 3.05) is 7.05 Å². The molecule has 15 heavy (non-hydrogen) atoms. The number of thiazole rings is 1. The van der Waals surface area contributed by atoms with Crippen LogP contribution in [0.1, 0.15) is 5.01 Å². The van der Waals surface area contributed by atoms with Gasteiger partial charge in [0, 0.05) is 6.21 Å². The van der Waals surface area contributed by atoms with Gasteiger partial charge in [-0.1, -0.05) is 12.1 Å². The molecule has 0 saturated heterocycles. The largest absolute Gasteiger partial charge is 0.309 e. The van der Waals surface area contributed by atoms with Crippen LogP contribution in [-0.4, -0.2) is 18.2 Å². The molecule has 0 bridgehead atoms. The van der Waals surface area contributed by atoms with Crippen molar-refractivity contribution < 1.29 is 0 Å². The first-order valence-electron chi connectivity index (χ1n) is 4.55. The van der Waals surface area contributed by atoms with E-state index >= 15 is 0 Å². The first kappa shape index (κ1) is 10.2. The lowest BCUT2D eigenvalue weighted by Gasteiger charge is -2.20. The van der Waals surface area contributed by atoms with Crippen molar-refractivity contribution in [2.45, 2.75) is 5.66 Å². The quantitative estimate of drug-likeness (QED) is 0.538. The van der Waals surface area contributed by atoms with Crippen LogP contribution in [0.4, 0.5) is 0 Å². The monoisotopic (exact) mass is 220 g/mol. The third kappa shape index (κ3) is 1.65. The highest BCUT2D eigenvalue weighted by molar-refractivity contribution is 7.18. The molecule has 0 amide bonds. The van der Waals surface area contributed by atoms with Crippen molar-refractivity contribution in [2.24, 2.45) is 5.73 Å². The molecule has 0 spiro atoms. The van der Waals surface area contributed by atoms with Gasteiger partial charge in [0.1, 0.15) is 5.01 Å². The van der Waals surface area contributed by atoms with Gasteiger partial charge >= 0.3 is 0 Å². The zero-order chi connectivity index (χ0) is 10.9. The maximum atomic E-state index is 7.32. The van der Waals surface area contributed by atoms with Crippen LogP contribution in [0.3, 0.4) is 0 Å². The van der Waals surface area contributed by atoms with Gasteiger partial charge in [-0.3, -0.25) is 5.32 Å². The summed E-state index contributed by atoms with van der Waals surface area (Å²) in [5.41, 5.74) is 5.94. The molecule has 0 radical (unpaired) electrons. The molecule has 2 rings (SSSR count). The first-order valence-corrected chi connectivity index (χ1v) is 5.37. The maximum absolute atomic E-state index is 7.32. The molecular formula is C10H12N4S. The Labute approximate surface area is 91.6 Å². The third-order valence-corrected chi connectivity index (χ3v) is 3.48. The molecule has 1 unspecified atom stereocenters. The highest BCUT2D eigenvalue weighted by Crippen LogP contribution is 2.26. The van der Waals surface area contributed by atoms with Gasteiger partial charge in [0.2, 0.25) is 0 Å². The predicted octanol–water partition coefficient (Wildman–Crippen LogP) is 1.28. The Morgan fingerprint density at radius 3 is 2.87 bits per heavy atom. The van der Waals surface area contributed by atoms with Crippen LogP contribution < -0.4 is 11.1 Å². The van der Waals surface area contributed by atoms with Crippen LogP contribution >= 0.6 is 11.3 Å². The summed E-state index contributed by atoms with van der Waals surface area (Å²) in [4.78, 5) is 4.41. The molecule has 1 atom stereocenters. The second-order valence-corrected chi connectivity index (χ2v) is 4.28. The summed E-state index contributed by atoms with van der Waals surface area (Å²) < 4.78 is 1.08. The number of para-hydroxylation sites is 1. The van der Waals surface area contributed by atoms with Crippen molar-refractivity contribution in [3.05, 3.63) is 29.3 Å². The Balaban J connectivity index is 2.57. The second kappa shape index (κ2) is 3.69. The smallest absolute Gasteiger partial charge is 0.155 e. The van der Waals surface area contributed by atoms with E-state index in [1.807, 2.05) is 24.3 Å². The van der Waals surface area contributed by atoms with Crippen LogP contribution in [0.15, 0.2) is 24.3 Å². The van der Waals surface area contributed by atoms with Gasteiger partial charge in [-0.15, -0.1) is 11.3 Å². The van der Waals surface area contributed by atoms with Crippen molar-refractivity contribution in [1.82, 2.24) is 10.3 Å². The number of hydrogen-bond donors (Lipinski definition) is 3. The maximum Gasteiger partial charge on any atom is 0.155 e. The van der Waals surface area contributed by atoms with Gasteiger partial charge < -0.3 is 11.1 Å². The number of nitrogens with one attached hydrogen (secondary N) is 2. The molecule has 0 aliphatic carbocycles. The highest BCUT2D eigenvalue weighted by Gasteiger charge is 2.26. The summed E-state index contributed by atoms with van der Waals surface area (Å²) in [7, 11) is 1.72. The Kier molecular flexibility index (Phi) is 2.52. The van der Waals surface area contributed by atoms with E-state index in [-0.39, 0.29) is 0 Å². The number of hydrogen-bond acceptors (Lipinski definition) is 5. The van der Waals surface area contributed by atoms with Crippen molar-refractivity contribution >= 4 is 27.8 Å². The van der Waals surface area contributed by atoms with Gasteiger partial charge in [-0.2, -0.15) is 0 Å². The molecule has 0 fully saturated rings. The molecule has 0 aliphatic heterocycles. The fourth-order valence-corrected chi connectivity index (χ4v) is 2.34. The molecule has 4 nitrogen and oxygen atoms in total. The molecule has 1 heterocycles. The Morgan fingerprint density at radius 2 is 2.27 bits per heavy atom. The molecule has 78 valence electrons. The fourth-order valence-electron chi connectivity index (χ4n) is 1.29. The topological polar surface area (TPSA) is 74.8 Å². The number of benzene rings is 1. The summed E-state index contributed by atoms with van der Waals surface area (Å²) >= 11 is 1.50. The molecule has 2 aromatic rings. The third-order valence-electron chi connectivity index (χ3n) is 2.29. The summed E-state index contributed by atoms with van der Waals surface area (Å²) in [6.45, 7) is 0. The van der Waals surface area contributed by atoms with Crippen LogP contribution in [0, 0.1) is 5.41 Å². The Bertz CT molecular complexity index is 460. The van der Waals surface area contributed by atoms with E-state index in [2.05, 4.69) is 10.3 Å². The minimum Gasteiger partial charge on any atom is -0.309 e. The van der Waals surface area contributed by atoms with E-state index < -0.39 is 5.66 Å². The molecule has 1 aromatic heterocycles. The van der Waals surface area contributed by atoms with E-state index in [0.29, 0.717) is 5.01 Å². The summed E-state index contributed by atoms with van der Waals surface area (Å²) in [5, 5.41) is 10.9. The minimum atomic E-state index is -0.955. The minimum absolute atomic E-state index is 0.709. The van der Waals surface area contributed by atoms with E-state index in [9.17, 15) is 0 Å². The van der Waals surface area contributed by atoms with Crippen molar-refractivity contribution in [3.63, 3.8) is 0 Å². The number of rotatable bonds is 3. The van der Waals surface area contributed by atoms with Gasteiger partial charge in [0.25, 0.3) is 0 Å². The molecule has 5 heteroatoms. The van der Waals surface area contributed by atoms with Gasteiger partial charge in [-0.25, -0.2) is 4.98 Å². The second-order valence-electron chi connectivity index (χ2n) is 3.25. The Hall–Kier alpha value is -1.30.